The first-order chi connectivity index (χ1) is 34.6. The minimum Gasteiger partial charge on any atom is -0.479 e. The molecule has 0 aromatic rings. The molecule has 3 N–H and O–H groups in total. The van der Waals surface area contributed by atoms with Crippen LogP contribution in [0.1, 0.15) is 239 Å². The lowest BCUT2D eigenvalue weighted by Crippen LogP contribution is -2.61. The number of esters is 3. The molecule has 1 fully saturated rings. The Morgan fingerprint density at radius 1 is 0.465 bits per heavy atom. The van der Waals surface area contributed by atoms with Crippen LogP contribution in [0.25, 0.3) is 0 Å². The predicted molar refractivity (Wildman–Crippen MR) is 285 cm³/mol. The van der Waals surface area contributed by atoms with Crippen molar-refractivity contribution in [3.05, 3.63) is 60.8 Å². The zero-order valence-corrected chi connectivity index (χ0v) is 44.7. The lowest BCUT2D eigenvalue weighted by Gasteiger charge is -2.40. The van der Waals surface area contributed by atoms with Crippen LogP contribution in [0.2, 0.25) is 0 Å². The Hall–Kier alpha value is -3.58. The maximum atomic E-state index is 13.1. The highest BCUT2D eigenvalue weighted by molar-refractivity contribution is 5.74. The van der Waals surface area contributed by atoms with Gasteiger partial charge in [-0.3, -0.25) is 14.4 Å². The fraction of sp³-hybridized carbons (Fsp3) is 0.763. The Balaban J connectivity index is 2.69. The largest absolute Gasteiger partial charge is 0.479 e. The molecular weight excluding hydrogens is 901 g/mol. The van der Waals surface area contributed by atoms with E-state index in [2.05, 4.69) is 81.5 Å². The predicted octanol–water partition coefficient (Wildman–Crippen LogP) is 14.0. The van der Waals surface area contributed by atoms with E-state index in [1.807, 2.05) is 0 Å². The second-order valence-corrected chi connectivity index (χ2v) is 19.2. The summed E-state index contributed by atoms with van der Waals surface area (Å²) in [7, 11) is 0. The summed E-state index contributed by atoms with van der Waals surface area (Å²) in [6.45, 7) is 5.85. The molecule has 0 aromatic carbocycles. The fourth-order valence-electron chi connectivity index (χ4n) is 8.10. The smallest absolute Gasteiger partial charge is 0.335 e. The second-order valence-electron chi connectivity index (χ2n) is 19.2. The van der Waals surface area contributed by atoms with Crippen LogP contribution in [0.15, 0.2) is 60.8 Å². The lowest BCUT2D eigenvalue weighted by atomic mass is 9.98. The molecule has 1 aliphatic heterocycles. The van der Waals surface area contributed by atoms with Crippen LogP contribution in [-0.2, 0) is 42.9 Å². The van der Waals surface area contributed by atoms with Crippen LogP contribution in [0, 0.1) is 0 Å². The van der Waals surface area contributed by atoms with E-state index in [0.29, 0.717) is 19.3 Å². The molecule has 12 nitrogen and oxygen atoms in total. The number of carboxylic acids is 1. The van der Waals surface area contributed by atoms with Crippen LogP contribution in [0.5, 0.6) is 0 Å². The van der Waals surface area contributed by atoms with E-state index < -0.39 is 67.3 Å². The van der Waals surface area contributed by atoms with E-state index in [0.717, 1.165) is 128 Å². The van der Waals surface area contributed by atoms with Crippen molar-refractivity contribution in [1.29, 1.82) is 0 Å². The number of ether oxygens (including phenoxy) is 5. The number of carbonyl (C=O) groups is 4. The van der Waals surface area contributed by atoms with Crippen LogP contribution in [0.4, 0.5) is 0 Å². The van der Waals surface area contributed by atoms with Crippen LogP contribution >= 0.6 is 0 Å². The quantitative estimate of drug-likeness (QED) is 0.0228. The van der Waals surface area contributed by atoms with Crippen molar-refractivity contribution in [2.75, 3.05) is 13.2 Å². The van der Waals surface area contributed by atoms with Gasteiger partial charge in [0.05, 0.1) is 6.61 Å². The summed E-state index contributed by atoms with van der Waals surface area (Å²) in [6.07, 6.45) is 44.9. The van der Waals surface area contributed by atoms with Gasteiger partial charge in [-0.2, -0.15) is 0 Å². The van der Waals surface area contributed by atoms with Gasteiger partial charge < -0.3 is 39.0 Å². The van der Waals surface area contributed by atoms with Crippen LogP contribution < -0.4 is 0 Å². The van der Waals surface area contributed by atoms with E-state index in [-0.39, 0.29) is 25.9 Å². The Morgan fingerprint density at radius 3 is 1.34 bits per heavy atom. The number of unbranched alkanes of at least 4 members (excludes halogenated alkanes) is 23. The Labute approximate surface area is 430 Å². The van der Waals surface area contributed by atoms with Gasteiger partial charge >= 0.3 is 23.9 Å². The zero-order chi connectivity index (χ0) is 51.8. The van der Waals surface area contributed by atoms with Crippen molar-refractivity contribution >= 4 is 23.9 Å². The van der Waals surface area contributed by atoms with Crippen molar-refractivity contribution in [1.82, 2.24) is 0 Å². The molecule has 0 spiro atoms. The molecule has 1 heterocycles. The molecule has 0 aliphatic carbocycles. The van der Waals surface area contributed by atoms with Gasteiger partial charge in [-0.05, 0) is 96.3 Å². The SMILES string of the molecule is CCCC/C=C\CCCCCCCC(=O)OC(COC(=O)CCCCCCCC/C=C\C/C=C\C/C=C\CCCCC)COC1OC(C(=O)O)C(O)C(O)C1OC(=O)CCCCCCC/C=C\CCCC. The number of hydrogen-bond donors (Lipinski definition) is 3. The number of aliphatic hydroxyl groups is 2. The van der Waals surface area contributed by atoms with Crippen molar-refractivity contribution in [3.63, 3.8) is 0 Å². The summed E-state index contributed by atoms with van der Waals surface area (Å²) in [5.74, 6) is -3.16. The maximum absolute atomic E-state index is 13.1. The minimum absolute atomic E-state index is 0.0471. The number of allylic oxidation sites excluding steroid dienone is 10. The summed E-state index contributed by atoms with van der Waals surface area (Å²) in [5, 5.41) is 31.4. The summed E-state index contributed by atoms with van der Waals surface area (Å²) in [5.41, 5.74) is 0. The molecule has 71 heavy (non-hydrogen) atoms. The van der Waals surface area contributed by atoms with Gasteiger partial charge in [0.1, 0.15) is 18.8 Å². The Kier molecular flexibility index (Phi) is 43.7. The number of carbonyl (C=O) groups excluding carboxylic acids is 3. The van der Waals surface area contributed by atoms with E-state index in [4.69, 9.17) is 23.7 Å². The molecule has 1 aliphatic rings. The maximum Gasteiger partial charge on any atom is 0.335 e. The molecule has 12 heteroatoms. The topological polar surface area (TPSA) is 175 Å². The highest BCUT2D eigenvalue weighted by atomic mass is 16.7. The molecule has 1 rings (SSSR count). The zero-order valence-electron chi connectivity index (χ0n) is 44.7. The van der Waals surface area contributed by atoms with Gasteiger partial charge in [0.2, 0.25) is 0 Å². The number of carboxylic acid groups (broad SMARTS) is 1. The first-order valence-corrected chi connectivity index (χ1v) is 28.3. The third-order valence-electron chi connectivity index (χ3n) is 12.5. The summed E-state index contributed by atoms with van der Waals surface area (Å²) in [4.78, 5) is 50.9. The highest BCUT2D eigenvalue weighted by Crippen LogP contribution is 2.26. The number of rotatable bonds is 47. The van der Waals surface area contributed by atoms with Crippen molar-refractivity contribution < 1.29 is 58.2 Å². The molecule has 0 aromatic heterocycles. The lowest BCUT2D eigenvalue weighted by molar-refractivity contribution is -0.301. The molecule has 0 amide bonds. The van der Waals surface area contributed by atoms with Crippen LogP contribution in [0.3, 0.4) is 0 Å². The second kappa shape index (κ2) is 47.4. The monoisotopic (exact) mass is 1000 g/mol. The van der Waals surface area contributed by atoms with E-state index >= 15 is 0 Å². The molecule has 0 saturated carbocycles. The average molecular weight is 1000 g/mol. The first kappa shape index (κ1) is 65.4. The summed E-state index contributed by atoms with van der Waals surface area (Å²) < 4.78 is 28.3. The molecule has 6 atom stereocenters. The van der Waals surface area contributed by atoms with Crippen molar-refractivity contribution in [3.8, 4) is 0 Å². The molecule has 6 unspecified atom stereocenters. The summed E-state index contributed by atoms with van der Waals surface area (Å²) in [6, 6.07) is 0. The van der Waals surface area contributed by atoms with Crippen molar-refractivity contribution in [2.45, 2.75) is 276 Å². The summed E-state index contributed by atoms with van der Waals surface area (Å²) >= 11 is 0. The molecule has 408 valence electrons. The average Bonchev–Trinajstić information content (AvgIpc) is 3.35. The van der Waals surface area contributed by atoms with Gasteiger partial charge in [0.15, 0.2) is 24.6 Å². The molecule has 0 bridgehead atoms. The van der Waals surface area contributed by atoms with Gasteiger partial charge in [-0.1, -0.05) is 184 Å². The minimum atomic E-state index is -1.91. The number of aliphatic carboxylic acids is 1. The van der Waals surface area contributed by atoms with E-state index in [1.165, 1.54) is 51.4 Å². The van der Waals surface area contributed by atoms with Crippen molar-refractivity contribution in [2.24, 2.45) is 0 Å². The Bertz CT molecular complexity index is 1470. The third kappa shape index (κ3) is 37.8. The van der Waals surface area contributed by atoms with Gasteiger partial charge in [0.25, 0.3) is 0 Å². The molecular formula is C59H100O12. The fourth-order valence-corrected chi connectivity index (χ4v) is 8.10. The Morgan fingerprint density at radius 2 is 0.859 bits per heavy atom. The normalized spacial score (nSPS) is 18.9. The van der Waals surface area contributed by atoms with Gasteiger partial charge in [-0.25, -0.2) is 4.79 Å². The highest BCUT2D eigenvalue weighted by Gasteiger charge is 2.50. The van der Waals surface area contributed by atoms with Crippen LogP contribution in [-0.4, -0.2) is 89.2 Å². The standard InChI is InChI=1S/C59H100O12/c1-4-7-10-13-16-19-22-23-24-25-26-27-28-29-32-33-36-39-42-45-51(60)67-48-50(69-52(61)46-43-40-37-34-30-20-17-14-11-8-5-2)49-68-59-57(55(64)54(63)56(71-59)58(65)66)70-53(62)47-44-41-38-35-31-21-18-15-12-9-6-3/h14-19,23-24,26-27,50,54-57,59,63-64H,4-13,20-22,25,28-49H2,1-3H3,(H,65,66)/b17-14-,18-15-,19-16-,24-23-,27-26-. The van der Waals surface area contributed by atoms with E-state index in [9.17, 15) is 34.5 Å². The molecule has 0 radical (unpaired) electrons. The first-order valence-electron chi connectivity index (χ1n) is 28.3. The number of hydrogen-bond acceptors (Lipinski definition) is 11. The number of aliphatic hydroxyl groups excluding tert-OH is 2. The third-order valence-corrected chi connectivity index (χ3v) is 12.5. The van der Waals surface area contributed by atoms with E-state index in [1.54, 1.807) is 0 Å². The van der Waals surface area contributed by atoms with Gasteiger partial charge in [-0.15, -0.1) is 0 Å². The molecule has 1 saturated heterocycles. The van der Waals surface area contributed by atoms with Gasteiger partial charge in [0, 0.05) is 19.3 Å².